The number of thiazole rings is 1. The summed E-state index contributed by atoms with van der Waals surface area (Å²) < 4.78 is 7.67. The van der Waals surface area contributed by atoms with Crippen molar-refractivity contribution in [2.45, 2.75) is 25.0 Å². The summed E-state index contributed by atoms with van der Waals surface area (Å²) in [5.74, 6) is 1.23. The van der Waals surface area contributed by atoms with E-state index >= 15 is 0 Å². The molecule has 140 valence electrons. The van der Waals surface area contributed by atoms with E-state index < -0.39 is 6.23 Å². The van der Waals surface area contributed by atoms with Crippen molar-refractivity contribution < 1.29 is 4.74 Å². The van der Waals surface area contributed by atoms with Crippen molar-refractivity contribution in [1.82, 2.24) is 30.1 Å². The highest BCUT2D eigenvalue weighted by atomic mass is 32.1. The summed E-state index contributed by atoms with van der Waals surface area (Å²) in [5, 5.41) is 22.1. The van der Waals surface area contributed by atoms with Gasteiger partial charge in [-0.2, -0.15) is 4.68 Å². The summed E-state index contributed by atoms with van der Waals surface area (Å²) >= 11 is 1.63. The Morgan fingerprint density at radius 2 is 2.04 bits per heavy atom. The molecule has 0 spiro atoms. The standard InChI is InChI=1S/C17H20N8OS/c18-17(19)24-8-6-12(7-9-24)15-21-14(10-27-15)16(25-11-20-22-23-25)26-13-4-2-1-3-5-13/h1-5,10-12,16H,6-9H2,(H3,18,19). The van der Waals surface area contributed by atoms with E-state index in [1.807, 2.05) is 40.6 Å². The lowest BCUT2D eigenvalue weighted by molar-refractivity contribution is 0.152. The molecule has 1 atom stereocenters. The summed E-state index contributed by atoms with van der Waals surface area (Å²) in [4.78, 5) is 6.73. The molecule has 3 aromatic rings. The van der Waals surface area contributed by atoms with Crippen LogP contribution in [-0.2, 0) is 0 Å². The zero-order valence-corrected chi connectivity index (χ0v) is 15.4. The minimum absolute atomic E-state index is 0.142. The lowest BCUT2D eigenvalue weighted by Gasteiger charge is -2.31. The first kappa shape index (κ1) is 17.4. The maximum Gasteiger partial charge on any atom is 0.238 e. The van der Waals surface area contributed by atoms with Crippen LogP contribution >= 0.6 is 11.3 Å². The van der Waals surface area contributed by atoms with Gasteiger partial charge >= 0.3 is 0 Å². The van der Waals surface area contributed by atoms with Gasteiger partial charge in [0, 0.05) is 24.4 Å². The Morgan fingerprint density at radius 3 is 2.70 bits per heavy atom. The van der Waals surface area contributed by atoms with Crippen molar-refractivity contribution in [3.8, 4) is 5.75 Å². The second kappa shape index (κ2) is 7.70. The number of ether oxygens (including phenoxy) is 1. The molecule has 1 aliphatic heterocycles. The Bertz CT molecular complexity index is 873. The molecule has 27 heavy (non-hydrogen) atoms. The molecular weight excluding hydrogens is 364 g/mol. The van der Waals surface area contributed by atoms with Crippen molar-refractivity contribution in [3.05, 3.63) is 52.7 Å². The molecule has 0 saturated carbocycles. The van der Waals surface area contributed by atoms with E-state index in [-0.39, 0.29) is 5.96 Å². The fraction of sp³-hybridized carbons (Fsp3) is 0.353. The number of hydrogen-bond donors (Lipinski definition) is 2. The number of guanidine groups is 1. The first-order chi connectivity index (χ1) is 13.2. The number of nitrogens with zero attached hydrogens (tertiary/aromatic N) is 6. The van der Waals surface area contributed by atoms with Crippen LogP contribution in [-0.4, -0.2) is 49.1 Å². The molecule has 1 aromatic carbocycles. The number of likely N-dealkylation sites (tertiary alicyclic amines) is 1. The monoisotopic (exact) mass is 384 g/mol. The van der Waals surface area contributed by atoms with Gasteiger partial charge < -0.3 is 15.4 Å². The number of nitrogens with two attached hydrogens (primary N) is 1. The summed E-state index contributed by atoms with van der Waals surface area (Å²) in [7, 11) is 0. The fourth-order valence-corrected chi connectivity index (χ4v) is 4.12. The number of para-hydroxylation sites is 1. The molecule has 3 heterocycles. The minimum Gasteiger partial charge on any atom is -0.463 e. The number of hydrogen-bond acceptors (Lipinski definition) is 7. The topological polar surface area (TPSA) is 119 Å². The summed E-state index contributed by atoms with van der Waals surface area (Å²) in [6.07, 6.45) is 2.87. The van der Waals surface area contributed by atoms with E-state index in [1.165, 1.54) is 6.33 Å². The normalized spacial score (nSPS) is 16.2. The van der Waals surface area contributed by atoms with E-state index in [2.05, 4.69) is 15.5 Å². The quantitative estimate of drug-likeness (QED) is 0.509. The van der Waals surface area contributed by atoms with Gasteiger partial charge in [-0.1, -0.05) is 18.2 Å². The number of tetrazole rings is 1. The molecule has 1 unspecified atom stereocenters. The number of piperidine rings is 1. The zero-order chi connectivity index (χ0) is 18.6. The van der Waals surface area contributed by atoms with Crippen LogP contribution in [0.4, 0.5) is 0 Å². The van der Waals surface area contributed by atoms with Crippen molar-refractivity contribution >= 4 is 17.3 Å². The van der Waals surface area contributed by atoms with Gasteiger partial charge in [0.25, 0.3) is 0 Å². The van der Waals surface area contributed by atoms with Gasteiger partial charge in [0.1, 0.15) is 17.8 Å². The van der Waals surface area contributed by atoms with Gasteiger partial charge in [0.15, 0.2) is 5.96 Å². The van der Waals surface area contributed by atoms with Crippen LogP contribution in [0.25, 0.3) is 0 Å². The maximum absolute atomic E-state index is 7.56. The first-order valence-corrected chi connectivity index (χ1v) is 9.57. The Morgan fingerprint density at radius 1 is 1.26 bits per heavy atom. The molecule has 1 fully saturated rings. The molecule has 0 radical (unpaired) electrons. The molecule has 3 N–H and O–H groups in total. The molecule has 4 rings (SSSR count). The lowest BCUT2D eigenvalue weighted by atomic mass is 9.98. The number of benzene rings is 1. The van der Waals surface area contributed by atoms with Crippen LogP contribution in [0.15, 0.2) is 42.0 Å². The Labute approximate surface area is 160 Å². The number of rotatable bonds is 5. The third-order valence-electron chi connectivity index (χ3n) is 4.57. The van der Waals surface area contributed by atoms with Crippen molar-refractivity contribution in [2.75, 3.05) is 13.1 Å². The van der Waals surface area contributed by atoms with E-state index in [1.54, 1.807) is 16.0 Å². The fourth-order valence-electron chi connectivity index (χ4n) is 3.12. The molecule has 2 aromatic heterocycles. The van der Waals surface area contributed by atoms with Gasteiger partial charge in [-0.25, -0.2) is 4.98 Å². The van der Waals surface area contributed by atoms with E-state index in [0.717, 1.165) is 42.4 Å². The van der Waals surface area contributed by atoms with E-state index in [0.29, 0.717) is 5.92 Å². The Kier molecular flexibility index (Phi) is 4.97. The summed E-state index contributed by atoms with van der Waals surface area (Å²) in [6, 6.07) is 9.56. The molecule has 1 saturated heterocycles. The molecule has 0 aliphatic carbocycles. The van der Waals surface area contributed by atoms with Crippen molar-refractivity contribution in [3.63, 3.8) is 0 Å². The van der Waals surface area contributed by atoms with Crippen LogP contribution < -0.4 is 10.5 Å². The highest BCUT2D eigenvalue weighted by Crippen LogP contribution is 2.32. The highest BCUT2D eigenvalue weighted by Gasteiger charge is 2.26. The first-order valence-electron chi connectivity index (χ1n) is 8.69. The van der Waals surface area contributed by atoms with Gasteiger partial charge in [-0.05, 0) is 35.4 Å². The predicted molar refractivity (Wildman–Crippen MR) is 101 cm³/mol. The molecule has 1 aliphatic rings. The molecule has 10 heteroatoms. The summed E-state index contributed by atoms with van der Waals surface area (Å²) in [5.41, 5.74) is 6.36. The van der Waals surface area contributed by atoms with Gasteiger partial charge in [0.05, 0.1) is 5.01 Å². The third-order valence-corrected chi connectivity index (χ3v) is 5.60. The lowest BCUT2D eigenvalue weighted by Crippen LogP contribution is -2.41. The third kappa shape index (κ3) is 3.90. The van der Waals surface area contributed by atoms with Crippen LogP contribution in [0, 0.1) is 5.41 Å². The molecule has 0 amide bonds. The largest absolute Gasteiger partial charge is 0.463 e. The predicted octanol–water partition coefficient (Wildman–Crippen LogP) is 1.83. The van der Waals surface area contributed by atoms with Crippen LogP contribution in [0.3, 0.4) is 0 Å². The van der Waals surface area contributed by atoms with Gasteiger partial charge in [0.2, 0.25) is 6.23 Å². The van der Waals surface area contributed by atoms with E-state index in [4.69, 9.17) is 20.9 Å². The molecular formula is C17H20N8OS. The SMILES string of the molecule is N=C(N)N1CCC(c2nc(C(Oc3ccccc3)n3cnnn3)cs2)CC1. The van der Waals surface area contributed by atoms with Gasteiger partial charge in [-0.3, -0.25) is 5.41 Å². The van der Waals surface area contributed by atoms with Crippen molar-refractivity contribution in [2.24, 2.45) is 5.73 Å². The average Bonchev–Trinajstić information content (AvgIpc) is 3.39. The van der Waals surface area contributed by atoms with Gasteiger partial charge in [-0.15, -0.1) is 16.4 Å². The maximum atomic E-state index is 7.56. The van der Waals surface area contributed by atoms with Crippen molar-refractivity contribution in [1.29, 1.82) is 5.41 Å². The zero-order valence-electron chi connectivity index (χ0n) is 14.6. The van der Waals surface area contributed by atoms with Crippen LogP contribution in [0.1, 0.15) is 35.7 Å². The average molecular weight is 384 g/mol. The molecule has 9 nitrogen and oxygen atoms in total. The smallest absolute Gasteiger partial charge is 0.238 e. The Hall–Kier alpha value is -3.01. The van der Waals surface area contributed by atoms with E-state index in [9.17, 15) is 0 Å². The van der Waals surface area contributed by atoms with Crippen LogP contribution in [0.5, 0.6) is 5.75 Å². The second-order valence-electron chi connectivity index (χ2n) is 6.33. The minimum atomic E-state index is -0.523. The second-order valence-corrected chi connectivity index (χ2v) is 7.22. The summed E-state index contributed by atoms with van der Waals surface area (Å²) in [6.45, 7) is 1.57. The number of aromatic nitrogens is 5. The number of nitrogens with one attached hydrogen (secondary N) is 1. The Balaban J connectivity index is 1.53. The van der Waals surface area contributed by atoms with Crippen LogP contribution in [0.2, 0.25) is 0 Å². The molecule has 0 bridgehead atoms. The highest BCUT2D eigenvalue weighted by molar-refractivity contribution is 7.09.